The molecule has 3 rings (SSSR count). The molecule has 0 unspecified atom stereocenters. The molecule has 23 heavy (non-hydrogen) atoms. The van der Waals surface area contributed by atoms with Crippen LogP contribution in [0.1, 0.15) is 36.6 Å². The Balaban J connectivity index is 1.94. The minimum atomic E-state index is 0.636. The van der Waals surface area contributed by atoms with Crippen LogP contribution in [0.15, 0.2) is 30.3 Å². The number of piperidine rings is 1. The van der Waals surface area contributed by atoms with E-state index >= 15 is 0 Å². The molecule has 2 aromatic rings. The molecular formula is C19H24N4. The number of hydrogen-bond donors (Lipinski definition) is 1. The topological polar surface area (TPSA) is 58.0 Å². The number of nitriles is 1. The Labute approximate surface area is 138 Å². The summed E-state index contributed by atoms with van der Waals surface area (Å²) in [5.74, 6) is 1.78. The first-order chi connectivity index (χ1) is 11.1. The van der Waals surface area contributed by atoms with Gasteiger partial charge < -0.3 is 15.2 Å². The molecule has 0 aliphatic carbocycles. The van der Waals surface area contributed by atoms with Gasteiger partial charge >= 0.3 is 0 Å². The normalized spacial score (nSPS) is 15.6. The number of aryl methyl sites for hydroxylation is 1. The molecule has 0 amide bonds. The maximum Gasteiger partial charge on any atom is 0.133 e. The van der Waals surface area contributed by atoms with Crippen molar-refractivity contribution < 1.29 is 0 Å². The maximum atomic E-state index is 9.47. The second kappa shape index (κ2) is 6.37. The zero-order chi connectivity index (χ0) is 16.4. The van der Waals surface area contributed by atoms with Gasteiger partial charge in [-0.3, -0.25) is 0 Å². The number of hydrogen-bond acceptors (Lipinski definition) is 3. The Hall–Kier alpha value is -2.41. The highest BCUT2D eigenvalue weighted by Gasteiger charge is 2.23. The predicted molar refractivity (Wildman–Crippen MR) is 94.5 cm³/mol. The van der Waals surface area contributed by atoms with Gasteiger partial charge in [-0.15, -0.1) is 0 Å². The third-order valence-electron chi connectivity index (χ3n) is 4.76. The van der Waals surface area contributed by atoms with Gasteiger partial charge in [0.05, 0.1) is 12.2 Å². The lowest BCUT2D eigenvalue weighted by molar-refractivity contribution is 0.434. The first-order valence-electron chi connectivity index (χ1n) is 8.28. The van der Waals surface area contributed by atoms with Gasteiger partial charge in [-0.05, 0) is 37.3 Å². The van der Waals surface area contributed by atoms with Crippen molar-refractivity contribution in [2.24, 2.45) is 5.92 Å². The second-order valence-corrected chi connectivity index (χ2v) is 6.66. The highest BCUT2D eigenvalue weighted by Crippen LogP contribution is 2.32. The van der Waals surface area contributed by atoms with E-state index in [1.165, 1.54) is 24.0 Å². The molecular weight excluding hydrogens is 284 g/mol. The van der Waals surface area contributed by atoms with Crippen LogP contribution in [0.4, 0.5) is 11.5 Å². The van der Waals surface area contributed by atoms with Gasteiger partial charge in [0.1, 0.15) is 17.6 Å². The zero-order valence-corrected chi connectivity index (χ0v) is 13.9. The summed E-state index contributed by atoms with van der Waals surface area (Å²) in [4.78, 5) is 2.34. The lowest BCUT2D eigenvalue weighted by Gasteiger charge is -2.33. The number of nitrogens with zero attached hydrogens (tertiary/aromatic N) is 3. The van der Waals surface area contributed by atoms with Crippen LogP contribution in [0.25, 0.3) is 0 Å². The molecule has 0 spiro atoms. The molecule has 0 saturated carbocycles. The fourth-order valence-corrected chi connectivity index (χ4v) is 3.26. The molecule has 0 radical (unpaired) electrons. The van der Waals surface area contributed by atoms with Crippen LogP contribution in [-0.2, 0) is 6.54 Å². The van der Waals surface area contributed by atoms with E-state index in [0.717, 1.165) is 24.8 Å². The summed E-state index contributed by atoms with van der Waals surface area (Å²) >= 11 is 0. The van der Waals surface area contributed by atoms with Gasteiger partial charge in [-0.1, -0.05) is 36.8 Å². The van der Waals surface area contributed by atoms with Crippen LogP contribution < -0.4 is 10.6 Å². The highest BCUT2D eigenvalue weighted by molar-refractivity contribution is 5.68. The third-order valence-corrected chi connectivity index (χ3v) is 4.76. The van der Waals surface area contributed by atoms with Crippen LogP contribution in [-0.4, -0.2) is 17.7 Å². The molecule has 0 bridgehead atoms. The van der Waals surface area contributed by atoms with E-state index in [2.05, 4.69) is 53.6 Å². The largest absolute Gasteiger partial charge is 0.396 e. The van der Waals surface area contributed by atoms with Crippen molar-refractivity contribution in [1.82, 2.24) is 4.57 Å². The molecule has 2 N–H and O–H groups in total. The summed E-state index contributed by atoms with van der Waals surface area (Å²) in [5.41, 5.74) is 10.0. The zero-order valence-electron chi connectivity index (χ0n) is 13.9. The molecule has 4 nitrogen and oxygen atoms in total. The van der Waals surface area contributed by atoms with Gasteiger partial charge in [0, 0.05) is 13.1 Å². The van der Waals surface area contributed by atoms with Gasteiger partial charge in [-0.25, -0.2) is 0 Å². The molecule has 1 aromatic heterocycles. The summed E-state index contributed by atoms with van der Waals surface area (Å²) in [6.07, 6.45) is 2.36. The van der Waals surface area contributed by atoms with Gasteiger partial charge in [0.25, 0.3) is 0 Å². The van der Waals surface area contributed by atoms with E-state index in [9.17, 15) is 5.26 Å². The van der Waals surface area contributed by atoms with Crippen molar-refractivity contribution in [3.05, 3.63) is 47.2 Å². The predicted octanol–water partition coefficient (Wildman–Crippen LogP) is 3.54. The standard InChI is InChI=1S/C19H24N4/c1-14-3-5-16(6-4-14)13-23-17(12-20)11-18(21)19(23)22-9-7-15(2)8-10-22/h3-6,11,15H,7-10,13,21H2,1-2H3. The summed E-state index contributed by atoms with van der Waals surface area (Å²) in [6, 6.07) is 12.6. The van der Waals surface area contributed by atoms with E-state index in [4.69, 9.17) is 5.73 Å². The summed E-state index contributed by atoms with van der Waals surface area (Å²) < 4.78 is 2.07. The lowest BCUT2D eigenvalue weighted by atomic mass is 9.99. The highest BCUT2D eigenvalue weighted by atomic mass is 15.3. The van der Waals surface area contributed by atoms with Gasteiger partial charge in [-0.2, -0.15) is 5.26 Å². The van der Waals surface area contributed by atoms with Crippen molar-refractivity contribution in [3.63, 3.8) is 0 Å². The number of nitrogens with two attached hydrogens (primary N) is 1. The molecule has 1 fully saturated rings. The molecule has 1 saturated heterocycles. The van der Waals surface area contributed by atoms with Crippen molar-refractivity contribution in [1.29, 1.82) is 5.26 Å². The number of nitrogen functional groups attached to an aromatic ring is 1. The van der Waals surface area contributed by atoms with E-state index < -0.39 is 0 Å². The monoisotopic (exact) mass is 308 g/mol. The van der Waals surface area contributed by atoms with Crippen LogP contribution in [0.5, 0.6) is 0 Å². The molecule has 4 heteroatoms. The van der Waals surface area contributed by atoms with Crippen molar-refractivity contribution in [3.8, 4) is 6.07 Å². The lowest BCUT2D eigenvalue weighted by Crippen LogP contribution is -2.35. The van der Waals surface area contributed by atoms with Crippen LogP contribution in [0.3, 0.4) is 0 Å². The quantitative estimate of drug-likeness (QED) is 0.943. The summed E-state index contributed by atoms with van der Waals surface area (Å²) in [7, 11) is 0. The minimum Gasteiger partial charge on any atom is -0.396 e. The van der Waals surface area contributed by atoms with Gasteiger partial charge in [0.2, 0.25) is 0 Å². The van der Waals surface area contributed by atoms with E-state index in [1.54, 1.807) is 0 Å². The number of rotatable bonds is 3. The van der Waals surface area contributed by atoms with E-state index in [1.807, 2.05) is 6.07 Å². The average molecular weight is 308 g/mol. The smallest absolute Gasteiger partial charge is 0.133 e. The van der Waals surface area contributed by atoms with Crippen molar-refractivity contribution >= 4 is 11.5 Å². The first-order valence-corrected chi connectivity index (χ1v) is 8.28. The summed E-state index contributed by atoms with van der Waals surface area (Å²) in [6.45, 7) is 7.08. The summed E-state index contributed by atoms with van der Waals surface area (Å²) in [5, 5.41) is 9.47. The Morgan fingerprint density at radius 3 is 2.48 bits per heavy atom. The average Bonchev–Trinajstić information content (AvgIpc) is 2.86. The Morgan fingerprint density at radius 1 is 1.22 bits per heavy atom. The van der Waals surface area contributed by atoms with Crippen LogP contribution in [0, 0.1) is 24.2 Å². The fourth-order valence-electron chi connectivity index (χ4n) is 3.26. The Kier molecular flexibility index (Phi) is 4.29. The molecule has 1 aliphatic heterocycles. The molecule has 1 aliphatic rings. The first kappa shape index (κ1) is 15.5. The minimum absolute atomic E-state index is 0.636. The third kappa shape index (κ3) is 3.19. The molecule has 120 valence electrons. The molecule has 0 atom stereocenters. The second-order valence-electron chi connectivity index (χ2n) is 6.66. The maximum absolute atomic E-state index is 9.47. The molecule has 2 heterocycles. The van der Waals surface area contributed by atoms with Crippen molar-refractivity contribution in [2.45, 2.75) is 33.2 Å². The fraction of sp³-hybridized carbons (Fsp3) is 0.421. The Bertz CT molecular complexity index is 713. The van der Waals surface area contributed by atoms with Crippen molar-refractivity contribution in [2.75, 3.05) is 23.7 Å². The number of aromatic nitrogens is 1. The number of benzene rings is 1. The van der Waals surface area contributed by atoms with Crippen LogP contribution in [0.2, 0.25) is 0 Å². The van der Waals surface area contributed by atoms with E-state index in [-0.39, 0.29) is 0 Å². The number of anilines is 2. The van der Waals surface area contributed by atoms with Crippen LogP contribution >= 0.6 is 0 Å². The molecule has 1 aromatic carbocycles. The SMILES string of the molecule is Cc1ccc(Cn2c(C#N)cc(N)c2N2CCC(C)CC2)cc1. The van der Waals surface area contributed by atoms with Gasteiger partial charge in [0.15, 0.2) is 0 Å². The van der Waals surface area contributed by atoms with E-state index in [0.29, 0.717) is 17.9 Å². The Morgan fingerprint density at radius 2 is 1.87 bits per heavy atom.